The molecule has 0 heterocycles. The summed E-state index contributed by atoms with van der Waals surface area (Å²) >= 11 is 3.48. The Labute approximate surface area is 112 Å². The fourth-order valence-electron chi connectivity index (χ4n) is 1.64. The van der Waals surface area contributed by atoms with Crippen molar-refractivity contribution in [3.63, 3.8) is 0 Å². The zero-order valence-electron chi connectivity index (χ0n) is 10.4. The van der Waals surface area contributed by atoms with Crippen molar-refractivity contribution in [1.82, 2.24) is 4.90 Å². The van der Waals surface area contributed by atoms with Crippen LogP contribution in [0.5, 0.6) is 5.75 Å². The largest absolute Gasteiger partial charge is 0.496 e. The molecule has 0 saturated carbocycles. The Morgan fingerprint density at radius 2 is 2.12 bits per heavy atom. The van der Waals surface area contributed by atoms with Crippen molar-refractivity contribution in [2.45, 2.75) is 12.8 Å². The van der Waals surface area contributed by atoms with Crippen LogP contribution < -0.4 is 4.74 Å². The first-order chi connectivity index (χ1) is 8.17. The number of nitrogens with zero attached hydrogens (tertiary/aromatic N) is 1. The van der Waals surface area contributed by atoms with Crippen LogP contribution in [0.1, 0.15) is 12.0 Å². The molecule has 0 unspecified atom stereocenters. The second-order valence-corrected chi connectivity index (χ2v) is 4.95. The number of aliphatic hydroxyl groups excluding tert-OH is 1. The van der Waals surface area contributed by atoms with Crippen LogP contribution in [0.15, 0.2) is 22.7 Å². The molecule has 96 valence electrons. The topological polar surface area (TPSA) is 32.7 Å². The molecule has 3 nitrogen and oxygen atoms in total. The molecule has 0 saturated heterocycles. The molecule has 1 aromatic carbocycles. The van der Waals surface area contributed by atoms with Crippen LogP contribution in [0.25, 0.3) is 0 Å². The highest BCUT2D eigenvalue weighted by Gasteiger charge is 2.03. The molecule has 0 bridgehead atoms. The smallest absolute Gasteiger partial charge is 0.133 e. The Bertz CT molecular complexity index is 344. The molecule has 0 radical (unpaired) electrons. The van der Waals surface area contributed by atoms with Gasteiger partial charge in [-0.2, -0.15) is 0 Å². The van der Waals surface area contributed by atoms with Crippen molar-refractivity contribution >= 4 is 15.9 Å². The van der Waals surface area contributed by atoms with Crippen molar-refractivity contribution in [1.29, 1.82) is 0 Å². The Morgan fingerprint density at radius 3 is 2.71 bits per heavy atom. The van der Waals surface area contributed by atoms with Gasteiger partial charge in [0, 0.05) is 19.7 Å². The van der Waals surface area contributed by atoms with Gasteiger partial charge in [0.2, 0.25) is 0 Å². The summed E-state index contributed by atoms with van der Waals surface area (Å²) in [4.78, 5) is 2.23. The van der Waals surface area contributed by atoms with E-state index in [0.717, 1.165) is 36.2 Å². The van der Waals surface area contributed by atoms with Gasteiger partial charge >= 0.3 is 0 Å². The first-order valence-electron chi connectivity index (χ1n) is 5.79. The number of halogens is 1. The predicted molar refractivity (Wildman–Crippen MR) is 73.6 cm³/mol. The van der Waals surface area contributed by atoms with Crippen LogP contribution >= 0.6 is 15.9 Å². The third-order valence-electron chi connectivity index (χ3n) is 2.70. The third kappa shape index (κ3) is 5.06. The van der Waals surface area contributed by atoms with Gasteiger partial charge in [-0.25, -0.2) is 0 Å². The van der Waals surface area contributed by atoms with E-state index in [9.17, 15) is 0 Å². The summed E-state index contributed by atoms with van der Waals surface area (Å²) in [6.07, 6.45) is 1.84. The Hall–Kier alpha value is -0.580. The number of hydrogen-bond donors (Lipinski definition) is 1. The average Bonchev–Trinajstić information content (AvgIpc) is 2.34. The lowest BCUT2D eigenvalue weighted by molar-refractivity contribution is 0.248. The SMILES string of the molecule is COc1ccc(CCN(C)CCCO)cc1Br. The molecule has 1 N–H and O–H groups in total. The van der Waals surface area contributed by atoms with Gasteiger partial charge in [-0.05, 0) is 53.5 Å². The molecule has 17 heavy (non-hydrogen) atoms. The predicted octanol–water partition coefficient (Wildman–Crippen LogP) is 2.31. The van der Waals surface area contributed by atoms with Crippen LogP contribution in [0.2, 0.25) is 0 Å². The first kappa shape index (κ1) is 14.5. The number of ether oxygens (including phenoxy) is 1. The highest BCUT2D eigenvalue weighted by atomic mass is 79.9. The monoisotopic (exact) mass is 301 g/mol. The van der Waals surface area contributed by atoms with Gasteiger partial charge < -0.3 is 14.7 Å². The van der Waals surface area contributed by atoms with Gasteiger partial charge in [-0.1, -0.05) is 6.07 Å². The fourth-order valence-corrected chi connectivity index (χ4v) is 2.23. The molecule has 1 aromatic rings. The molecule has 0 atom stereocenters. The lowest BCUT2D eigenvalue weighted by atomic mass is 10.1. The quantitative estimate of drug-likeness (QED) is 0.839. The molecule has 1 rings (SSSR count). The molecule has 0 aromatic heterocycles. The van der Waals surface area contributed by atoms with E-state index in [4.69, 9.17) is 9.84 Å². The Balaban J connectivity index is 2.44. The highest BCUT2D eigenvalue weighted by molar-refractivity contribution is 9.10. The van der Waals surface area contributed by atoms with Crippen molar-refractivity contribution in [2.24, 2.45) is 0 Å². The third-order valence-corrected chi connectivity index (χ3v) is 3.32. The molecular weight excluding hydrogens is 282 g/mol. The number of hydrogen-bond acceptors (Lipinski definition) is 3. The first-order valence-corrected chi connectivity index (χ1v) is 6.58. The zero-order valence-corrected chi connectivity index (χ0v) is 12.0. The lowest BCUT2D eigenvalue weighted by Crippen LogP contribution is -2.23. The van der Waals surface area contributed by atoms with Crippen molar-refractivity contribution in [3.8, 4) is 5.75 Å². The fraction of sp³-hybridized carbons (Fsp3) is 0.538. The zero-order chi connectivity index (χ0) is 12.7. The van der Waals surface area contributed by atoms with Crippen molar-refractivity contribution < 1.29 is 9.84 Å². The minimum Gasteiger partial charge on any atom is -0.496 e. The second-order valence-electron chi connectivity index (χ2n) is 4.10. The summed E-state index contributed by atoms with van der Waals surface area (Å²) in [6.45, 7) is 2.20. The van der Waals surface area contributed by atoms with Gasteiger partial charge in [-0.3, -0.25) is 0 Å². The van der Waals surface area contributed by atoms with Crippen LogP contribution in [-0.4, -0.2) is 43.9 Å². The minimum absolute atomic E-state index is 0.262. The van der Waals surface area contributed by atoms with Gasteiger partial charge in [0.15, 0.2) is 0 Å². The maximum absolute atomic E-state index is 8.75. The Morgan fingerprint density at radius 1 is 1.35 bits per heavy atom. The minimum atomic E-state index is 0.262. The molecule has 0 aliphatic carbocycles. The number of likely N-dealkylation sites (N-methyl/N-ethyl adjacent to an activating group) is 1. The average molecular weight is 302 g/mol. The van der Waals surface area contributed by atoms with E-state index in [-0.39, 0.29) is 6.61 Å². The van der Waals surface area contributed by atoms with Crippen molar-refractivity contribution in [2.75, 3.05) is 33.9 Å². The van der Waals surface area contributed by atoms with E-state index in [1.165, 1.54) is 5.56 Å². The maximum Gasteiger partial charge on any atom is 0.133 e. The van der Waals surface area contributed by atoms with Crippen LogP contribution in [0.3, 0.4) is 0 Å². The summed E-state index contributed by atoms with van der Waals surface area (Å²) in [7, 11) is 3.75. The highest BCUT2D eigenvalue weighted by Crippen LogP contribution is 2.25. The van der Waals surface area contributed by atoms with Gasteiger partial charge in [0.1, 0.15) is 5.75 Å². The van der Waals surface area contributed by atoms with E-state index in [1.807, 2.05) is 6.07 Å². The molecule has 0 aliphatic heterocycles. The lowest BCUT2D eigenvalue weighted by Gasteiger charge is -2.16. The van der Waals surface area contributed by atoms with Crippen LogP contribution in [0, 0.1) is 0 Å². The summed E-state index contributed by atoms with van der Waals surface area (Å²) in [6, 6.07) is 6.16. The van der Waals surface area contributed by atoms with Crippen LogP contribution in [-0.2, 0) is 6.42 Å². The second kappa shape index (κ2) is 7.69. The number of methoxy groups -OCH3 is 1. The van der Waals surface area contributed by atoms with E-state index < -0.39 is 0 Å². The number of rotatable bonds is 7. The molecule has 0 amide bonds. The maximum atomic E-state index is 8.75. The standard InChI is InChI=1S/C13H20BrNO2/c1-15(7-3-9-16)8-6-11-4-5-13(17-2)12(14)10-11/h4-5,10,16H,3,6-9H2,1-2H3. The van der Waals surface area contributed by atoms with Crippen LogP contribution in [0.4, 0.5) is 0 Å². The van der Waals surface area contributed by atoms with E-state index in [2.05, 4.69) is 40.0 Å². The normalized spacial score (nSPS) is 10.9. The number of aliphatic hydroxyl groups is 1. The molecule has 4 heteroatoms. The van der Waals surface area contributed by atoms with E-state index in [0.29, 0.717) is 0 Å². The molecular formula is C13H20BrNO2. The van der Waals surface area contributed by atoms with Crippen molar-refractivity contribution in [3.05, 3.63) is 28.2 Å². The summed E-state index contributed by atoms with van der Waals surface area (Å²) in [5.41, 5.74) is 1.29. The van der Waals surface area contributed by atoms with E-state index >= 15 is 0 Å². The summed E-state index contributed by atoms with van der Waals surface area (Å²) < 4.78 is 6.19. The van der Waals surface area contributed by atoms with Gasteiger partial charge in [0.05, 0.1) is 11.6 Å². The van der Waals surface area contributed by atoms with E-state index in [1.54, 1.807) is 7.11 Å². The van der Waals surface area contributed by atoms with Gasteiger partial charge in [-0.15, -0.1) is 0 Å². The number of benzene rings is 1. The molecule has 0 aliphatic rings. The van der Waals surface area contributed by atoms with Gasteiger partial charge in [0.25, 0.3) is 0 Å². The summed E-state index contributed by atoms with van der Waals surface area (Å²) in [5.74, 6) is 0.863. The summed E-state index contributed by atoms with van der Waals surface area (Å²) in [5, 5.41) is 8.75. The molecule has 0 fully saturated rings. The molecule has 0 spiro atoms. The Kier molecular flexibility index (Phi) is 6.55.